The van der Waals surface area contributed by atoms with Gasteiger partial charge in [0.2, 0.25) is 0 Å². The lowest BCUT2D eigenvalue weighted by Crippen LogP contribution is -2.43. The Morgan fingerprint density at radius 1 is 1.24 bits per heavy atom. The summed E-state index contributed by atoms with van der Waals surface area (Å²) in [5.74, 6) is -0.204. The molecule has 0 spiro atoms. The summed E-state index contributed by atoms with van der Waals surface area (Å²) in [6, 6.07) is 11.9. The Morgan fingerprint density at radius 3 is 2.64 bits per heavy atom. The lowest BCUT2D eigenvalue weighted by molar-refractivity contribution is -0.126. The molecule has 2 atom stereocenters. The van der Waals surface area contributed by atoms with E-state index < -0.39 is 11.4 Å². The Morgan fingerprint density at radius 2 is 1.96 bits per heavy atom. The van der Waals surface area contributed by atoms with Crippen molar-refractivity contribution in [3.8, 4) is 5.75 Å². The standard InChI is InChI=1S/C18H19ClN2O3S/c1-20-8-9-21-14-7-4-12(19)10-15(14)25-17(16(23)18(21)24)11-2-5-13(22)6-3-11/h2-7,10,16-17,20,22-23H,8-9H2,1H3. The second-order valence-corrected chi connectivity index (χ2v) is 7.40. The molecule has 3 N–H and O–H groups in total. The first-order chi connectivity index (χ1) is 12.0. The number of phenols is 1. The molecule has 0 saturated heterocycles. The van der Waals surface area contributed by atoms with Gasteiger partial charge >= 0.3 is 0 Å². The number of carbonyl (C=O) groups is 1. The molecular weight excluding hydrogens is 360 g/mol. The summed E-state index contributed by atoms with van der Waals surface area (Å²) in [6.45, 7) is 1.05. The normalized spacial score (nSPS) is 20.3. The van der Waals surface area contributed by atoms with E-state index in [0.717, 1.165) is 16.1 Å². The van der Waals surface area contributed by atoms with Crippen LogP contribution in [0, 0.1) is 0 Å². The van der Waals surface area contributed by atoms with E-state index in [4.69, 9.17) is 11.6 Å². The van der Waals surface area contributed by atoms with Gasteiger partial charge in [-0.25, -0.2) is 0 Å². The van der Waals surface area contributed by atoms with E-state index in [9.17, 15) is 15.0 Å². The van der Waals surface area contributed by atoms with Crippen molar-refractivity contribution in [2.45, 2.75) is 16.2 Å². The number of halogens is 1. The SMILES string of the molecule is CNCCN1C(=O)C(O)C(c2ccc(O)cc2)Sc2cc(Cl)ccc21. The third-order valence-corrected chi connectivity index (χ3v) is 5.68. The fraction of sp³-hybridized carbons (Fsp3) is 0.278. The maximum absolute atomic E-state index is 12.9. The summed E-state index contributed by atoms with van der Waals surface area (Å²) in [6.07, 6.45) is -1.20. The molecular formula is C18H19ClN2O3S. The molecule has 0 aliphatic carbocycles. The minimum atomic E-state index is -1.20. The van der Waals surface area contributed by atoms with Crippen LogP contribution in [0.5, 0.6) is 5.75 Å². The van der Waals surface area contributed by atoms with Crippen LogP contribution in [-0.4, -0.2) is 42.4 Å². The predicted octanol–water partition coefficient (Wildman–Crippen LogP) is 2.81. The highest BCUT2D eigenvalue weighted by atomic mass is 35.5. The van der Waals surface area contributed by atoms with Crippen molar-refractivity contribution < 1.29 is 15.0 Å². The number of nitrogens with zero attached hydrogens (tertiary/aromatic N) is 1. The minimum absolute atomic E-state index is 0.141. The van der Waals surface area contributed by atoms with Crippen molar-refractivity contribution in [3.63, 3.8) is 0 Å². The van der Waals surface area contributed by atoms with Gasteiger partial charge in [0.05, 0.1) is 10.9 Å². The summed E-state index contributed by atoms with van der Waals surface area (Å²) in [7, 11) is 1.81. The van der Waals surface area contributed by atoms with E-state index in [2.05, 4.69) is 5.32 Å². The van der Waals surface area contributed by atoms with Gasteiger partial charge in [-0.2, -0.15) is 0 Å². The average Bonchev–Trinajstić information content (AvgIpc) is 2.70. The zero-order valence-electron chi connectivity index (χ0n) is 13.6. The fourth-order valence-corrected chi connectivity index (χ4v) is 4.33. The van der Waals surface area contributed by atoms with Crippen LogP contribution >= 0.6 is 23.4 Å². The molecule has 0 bridgehead atoms. The zero-order valence-corrected chi connectivity index (χ0v) is 15.2. The van der Waals surface area contributed by atoms with Gasteiger partial charge in [0.1, 0.15) is 11.9 Å². The number of aliphatic hydroxyl groups excluding tert-OH is 1. The van der Waals surface area contributed by atoms with Crippen LogP contribution in [0.2, 0.25) is 5.02 Å². The van der Waals surface area contributed by atoms with Gasteiger partial charge in [-0.3, -0.25) is 4.79 Å². The summed E-state index contributed by atoms with van der Waals surface area (Å²) >= 11 is 7.55. The largest absolute Gasteiger partial charge is 0.508 e. The van der Waals surface area contributed by atoms with Gasteiger partial charge in [0.15, 0.2) is 0 Å². The number of phenolic OH excluding ortho intramolecular Hbond substituents is 1. The van der Waals surface area contributed by atoms with Gasteiger partial charge in [0.25, 0.3) is 5.91 Å². The second kappa shape index (κ2) is 7.66. The van der Waals surface area contributed by atoms with E-state index in [-0.39, 0.29) is 11.7 Å². The van der Waals surface area contributed by atoms with E-state index in [1.54, 1.807) is 35.2 Å². The van der Waals surface area contributed by atoms with E-state index in [1.165, 1.54) is 11.8 Å². The van der Waals surface area contributed by atoms with Gasteiger partial charge < -0.3 is 20.4 Å². The van der Waals surface area contributed by atoms with Crippen molar-refractivity contribution in [3.05, 3.63) is 53.1 Å². The molecule has 132 valence electrons. The number of thioether (sulfide) groups is 1. The third-order valence-electron chi connectivity index (χ3n) is 4.08. The number of anilines is 1. The Balaban J connectivity index is 2.05. The number of likely N-dealkylation sites (N-methyl/N-ethyl adjacent to an activating group) is 1. The zero-order chi connectivity index (χ0) is 18.0. The van der Waals surface area contributed by atoms with Crippen molar-refractivity contribution in [2.24, 2.45) is 0 Å². The molecule has 3 rings (SSSR count). The van der Waals surface area contributed by atoms with Gasteiger partial charge in [-0.15, -0.1) is 11.8 Å². The van der Waals surface area contributed by atoms with Crippen LogP contribution < -0.4 is 10.2 Å². The Bertz CT molecular complexity index is 769. The number of aliphatic hydroxyl groups is 1. The number of fused-ring (bicyclic) bond motifs is 1. The highest BCUT2D eigenvalue weighted by Crippen LogP contribution is 2.46. The molecule has 1 aliphatic rings. The molecule has 0 fully saturated rings. The van der Waals surface area contributed by atoms with Crippen LogP contribution in [0.15, 0.2) is 47.4 Å². The quantitative estimate of drug-likeness (QED) is 0.763. The molecule has 25 heavy (non-hydrogen) atoms. The maximum atomic E-state index is 12.9. The molecule has 1 amide bonds. The molecule has 1 heterocycles. The summed E-state index contributed by atoms with van der Waals surface area (Å²) in [4.78, 5) is 15.3. The molecule has 0 aromatic heterocycles. The number of rotatable bonds is 4. The number of hydrogen-bond acceptors (Lipinski definition) is 5. The monoisotopic (exact) mass is 378 g/mol. The van der Waals surface area contributed by atoms with Crippen molar-refractivity contribution in [2.75, 3.05) is 25.0 Å². The van der Waals surface area contributed by atoms with Crippen molar-refractivity contribution in [1.82, 2.24) is 5.32 Å². The topological polar surface area (TPSA) is 72.8 Å². The number of benzene rings is 2. The molecule has 5 nitrogen and oxygen atoms in total. The number of amides is 1. The smallest absolute Gasteiger partial charge is 0.257 e. The number of carbonyl (C=O) groups excluding carboxylic acids is 1. The summed E-state index contributed by atoms with van der Waals surface area (Å²) in [5, 5.41) is 23.3. The molecule has 2 aromatic carbocycles. The fourth-order valence-electron chi connectivity index (χ4n) is 2.78. The van der Waals surface area contributed by atoms with E-state index >= 15 is 0 Å². The van der Waals surface area contributed by atoms with Crippen LogP contribution in [0.25, 0.3) is 0 Å². The first kappa shape index (κ1) is 18.1. The maximum Gasteiger partial charge on any atom is 0.257 e. The summed E-state index contributed by atoms with van der Waals surface area (Å²) in [5.41, 5.74) is 1.51. The second-order valence-electron chi connectivity index (χ2n) is 5.78. The third kappa shape index (κ3) is 3.77. The molecule has 1 aliphatic heterocycles. The number of nitrogens with one attached hydrogen (secondary N) is 1. The van der Waals surface area contributed by atoms with E-state index in [1.807, 2.05) is 19.2 Å². The number of hydrogen-bond donors (Lipinski definition) is 3. The lowest BCUT2D eigenvalue weighted by atomic mass is 10.1. The molecule has 0 radical (unpaired) electrons. The van der Waals surface area contributed by atoms with Gasteiger partial charge in [-0.05, 0) is 42.9 Å². The van der Waals surface area contributed by atoms with Crippen LogP contribution in [0.3, 0.4) is 0 Å². The highest BCUT2D eigenvalue weighted by molar-refractivity contribution is 7.99. The molecule has 2 aromatic rings. The Kier molecular flexibility index (Phi) is 5.54. The van der Waals surface area contributed by atoms with E-state index in [0.29, 0.717) is 18.1 Å². The average molecular weight is 379 g/mol. The van der Waals surface area contributed by atoms with Crippen molar-refractivity contribution >= 4 is 35.0 Å². The highest BCUT2D eigenvalue weighted by Gasteiger charge is 2.37. The summed E-state index contributed by atoms with van der Waals surface area (Å²) < 4.78 is 0. The van der Waals surface area contributed by atoms with Gasteiger partial charge in [-0.1, -0.05) is 23.7 Å². The molecule has 7 heteroatoms. The first-order valence-electron chi connectivity index (χ1n) is 7.90. The number of aromatic hydroxyl groups is 1. The Labute approximate surface area is 155 Å². The van der Waals surface area contributed by atoms with Crippen LogP contribution in [-0.2, 0) is 4.79 Å². The predicted molar refractivity (Wildman–Crippen MR) is 100 cm³/mol. The molecule has 2 unspecified atom stereocenters. The van der Waals surface area contributed by atoms with Gasteiger partial charge in [0, 0.05) is 23.0 Å². The molecule has 0 saturated carbocycles. The minimum Gasteiger partial charge on any atom is -0.508 e. The Hall–Kier alpha value is -1.73. The van der Waals surface area contributed by atoms with Crippen molar-refractivity contribution in [1.29, 1.82) is 0 Å². The first-order valence-corrected chi connectivity index (χ1v) is 9.16. The van der Waals surface area contributed by atoms with Crippen LogP contribution in [0.4, 0.5) is 5.69 Å². The lowest BCUT2D eigenvalue weighted by Gasteiger charge is -2.25. The van der Waals surface area contributed by atoms with Crippen LogP contribution in [0.1, 0.15) is 10.8 Å².